The molecule has 0 saturated heterocycles. The normalized spacial score (nSPS) is 13.3. The van der Waals surface area contributed by atoms with Gasteiger partial charge < -0.3 is 9.73 Å². The van der Waals surface area contributed by atoms with Gasteiger partial charge in [0.1, 0.15) is 5.76 Å². The molecule has 4 heteroatoms. The Labute approximate surface area is 142 Å². The summed E-state index contributed by atoms with van der Waals surface area (Å²) >= 11 is 0. The summed E-state index contributed by atoms with van der Waals surface area (Å²) in [6.45, 7) is 0.527. The molecule has 1 N–H and O–H groups in total. The molecule has 1 amide bonds. The topological polar surface area (TPSA) is 59.3 Å². The van der Waals surface area contributed by atoms with Gasteiger partial charge in [-0.1, -0.05) is 12.1 Å². The number of hydrogen-bond acceptors (Lipinski definition) is 3. The molecule has 0 fully saturated rings. The highest BCUT2D eigenvalue weighted by molar-refractivity contribution is 5.98. The molecule has 1 aromatic carbocycles. The van der Waals surface area contributed by atoms with Crippen molar-refractivity contribution < 1.29 is 14.0 Å². The molecule has 126 valence electrons. The number of furan rings is 1. The third-order valence-corrected chi connectivity index (χ3v) is 4.52. The molecule has 2 aromatic rings. The summed E-state index contributed by atoms with van der Waals surface area (Å²) in [5.74, 6) is 0.804. The fourth-order valence-corrected chi connectivity index (χ4v) is 3.15. The number of Topliss-reactive ketones (excluding diaryl/α,β-unsaturated/α-hetero) is 1. The number of rotatable bonds is 7. The van der Waals surface area contributed by atoms with Crippen LogP contribution in [-0.2, 0) is 24.1 Å². The van der Waals surface area contributed by atoms with Gasteiger partial charge in [-0.15, -0.1) is 0 Å². The van der Waals surface area contributed by atoms with Crippen LogP contribution in [0.4, 0.5) is 0 Å². The second kappa shape index (κ2) is 7.95. The highest BCUT2D eigenvalue weighted by Gasteiger charge is 2.14. The van der Waals surface area contributed by atoms with Crippen LogP contribution in [0.1, 0.15) is 52.9 Å². The first-order valence-electron chi connectivity index (χ1n) is 8.66. The van der Waals surface area contributed by atoms with E-state index in [1.165, 1.54) is 24.0 Å². The predicted octanol–water partition coefficient (Wildman–Crippen LogP) is 3.48. The van der Waals surface area contributed by atoms with Gasteiger partial charge in [0.25, 0.3) is 0 Å². The molecule has 4 nitrogen and oxygen atoms in total. The molecule has 0 spiro atoms. The zero-order chi connectivity index (χ0) is 16.8. The number of carbonyl (C=O) groups excluding carboxylic acids is 2. The number of aryl methyl sites for hydroxylation is 2. The van der Waals surface area contributed by atoms with E-state index in [1.54, 1.807) is 6.26 Å². The fraction of sp³-hybridized carbons (Fsp3) is 0.400. The van der Waals surface area contributed by atoms with Crippen LogP contribution in [0.2, 0.25) is 0 Å². The molecule has 3 rings (SSSR count). The van der Waals surface area contributed by atoms with Gasteiger partial charge in [-0.25, -0.2) is 0 Å². The SMILES string of the molecule is O=C(CCC(=O)c1ccc2c(c1)CCCC2)NCCc1ccco1. The van der Waals surface area contributed by atoms with Gasteiger partial charge in [0.2, 0.25) is 5.91 Å². The summed E-state index contributed by atoms with van der Waals surface area (Å²) in [5.41, 5.74) is 3.41. The number of benzene rings is 1. The molecule has 1 aromatic heterocycles. The van der Waals surface area contributed by atoms with Crippen molar-refractivity contribution in [2.75, 3.05) is 6.54 Å². The van der Waals surface area contributed by atoms with Gasteiger partial charge in [-0.05, 0) is 55.0 Å². The lowest BCUT2D eigenvalue weighted by Gasteiger charge is -2.16. The van der Waals surface area contributed by atoms with Crippen molar-refractivity contribution in [3.63, 3.8) is 0 Å². The maximum absolute atomic E-state index is 12.3. The maximum atomic E-state index is 12.3. The molecule has 0 unspecified atom stereocenters. The Morgan fingerprint density at radius 1 is 1.04 bits per heavy atom. The van der Waals surface area contributed by atoms with Crippen LogP contribution in [0.25, 0.3) is 0 Å². The first kappa shape index (κ1) is 16.5. The predicted molar refractivity (Wildman–Crippen MR) is 92.1 cm³/mol. The van der Waals surface area contributed by atoms with Crippen molar-refractivity contribution in [2.24, 2.45) is 0 Å². The van der Waals surface area contributed by atoms with E-state index >= 15 is 0 Å². The second-order valence-corrected chi connectivity index (χ2v) is 6.29. The highest BCUT2D eigenvalue weighted by atomic mass is 16.3. The van der Waals surface area contributed by atoms with Crippen LogP contribution in [0.5, 0.6) is 0 Å². The van der Waals surface area contributed by atoms with Gasteiger partial charge in [-0.3, -0.25) is 9.59 Å². The molecule has 1 heterocycles. The molecule has 24 heavy (non-hydrogen) atoms. The minimum Gasteiger partial charge on any atom is -0.469 e. The molecule has 0 atom stereocenters. The summed E-state index contributed by atoms with van der Waals surface area (Å²) < 4.78 is 5.21. The lowest BCUT2D eigenvalue weighted by Crippen LogP contribution is -2.26. The van der Waals surface area contributed by atoms with E-state index in [4.69, 9.17) is 4.42 Å². The largest absolute Gasteiger partial charge is 0.469 e. The van der Waals surface area contributed by atoms with Gasteiger partial charge in [-0.2, -0.15) is 0 Å². The van der Waals surface area contributed by atoms with Crippen molar-refractivity contribution in [1.29, 1.82) is 0 Å². The smallest absolute Gasteiger partial charge is 0.220 e. The Hall–Kier alpha value is -2.36. The molecular formula is C20H23NO3. The van der Waals surface area contributed by atoms with Crippen LogP contribution >= 0.6 is 0 Å². The maximum Gasteiger partial charge on any atom is 0.220 e. The Kier molecular flexibility index (Phi) is 5.47. The number of amides is 1. The van der Waals surface area contributed by atoms with Gasteiger partial charge in [0, 0.05) is 31.4 Å². The van der Waals surface area contributed by atoms with Crippen LogP contribution < -0.4 is 5.32 Å². The van der Waals surface area contributed by atoms with Gasteiger partial charge in [0.05, 0.1) is 6.26 Å². The van der Waals surface area contributed by atoms with Crippen LogP contribution in [-0.4, -0.2) is 18.2 Å². The van der Waals surface area contributed by atoms with E-state index in [0.717, 1.165) is 24.2 Å². The average molecular weight is 325 g/mol. The number of carbonyl (C=O) groups is 2. The molecular weight excluding hydrogens is 302 g/mol. The van der Waals surface area contributed by atoms with E-state index in [0.29, 0.717) is 13.0 Å². The quantitative estimate of drug-likeness (QED) is 0.793. The summed E-state index contributed by atoms with van der Waals surface area (Å²) in [6, 6.07) is 9.71. The van der Waals surface area contributed by atoms with Crippen LogP contribution in [0, 0.1) is 0 Å². The monoisotopic (exact) mass is 325 g/mol. The van der Waals surface area contributed by atoms with Gasteiger partial charge >= 0.3 is 0 Å². The van der Waals surface area contributed by atoms with Crippen LogP contribution in [0.15, 0.2) is 41.0 Å². The molecule has 0 bridgehead atoms. The molecule has 0 saturated carbocycles. The number of ketones is 1. The van der Waals surface area contributed by atoms with Crippen molar-refractivity contribution in [2.45, 2.75) is 44.9 Å². The zero-order valence-electron chi connectivity index (χ0n) is 13.8. The summed E-state index contributed by atoms with van der Waals surface area (Å²) in [4.78, 5) is 24.1. The van der Waals surface area contributed by atoms with Crippen LogP contribution in [0.3, 0.4) is 0 Å². The minimum atomic E-state index is -0.0899. The molecule has 0 aliphatic heterocycles. The summed E-state index contributed by atoms with van der Waals surface area (Å²) in [5, 5.41) is 2.83. The second-order valence-electron chi connectivity index (χ2n) is 6.29. The molecule has 1 aliphatic carbocycles. The van der Waals surface area contributed by atoms with E-state index < -0.39 is 0 Å². The highest BCUT2D eigenvalue weighted by Crippen LogP contribution is 2.22. The van der Waals surface area contributed by atoms with E-state index in [1.807, 2.05) is 24.3 Å². The third-order valence-electron chi connectivity index (χ3n) is 4.52. The van der Waals surface area contributed by atoms with Gasteiger partial charge in [0.15, 0.2) is 5.78 Å². The molecule has 0 radical (unpaired) electrons. The Balaban J connectivity index is 1.44. The fourth-order valence-electron chi connectivity index (χ4n) is 3.15. The zero-order valence-corrected chi connectivity index (χ0v) is 13.8. The number of hydrogen-bond donors (Lipinski definition) is 1. The number of fused-ring (bicyclic) bond motifs is 1. The summed E-state index contributed by atoms with van der Waals surface area (Å²) in [6.07, 6.45) is 7.37. The Morgan fingerprint density at radius 3 is 2.67 bits per heavy atom. The third kappa shape index (κ3) is 4.34. The standard InChI is InChI=1S/C20H23NO3/c22-19(17-8-7-15-4-1-2-5-16(15)14-17)9-10-20(23)21-12-11-18-6-3-13-24-18/h3,6-8,13-14H,1-2,4-5,9-12H2,(H,21,23). The average Bonchev–Trinajstić information content (AvgIpc) is 3.12. The van der Waals surface area contributed by atoms with Crippen molar-refractivity contribution >= 4 is 11.7 Å². The molecule has 1 aliphatic rings. The van der Waals surface area contributed by atoms with E-state index in [2.05, 4.69) is 11.4 Å². The number of nitrogens with one attached hydrogen (secondary N) is 1. The lowest BCUT2D eigenvalue weighted by atomic mass is 9.89. The first-order valence-corrected chi connectivity index (χ1v) is 8.66. The minimum absolute atomic E-state index is 0.0459. The Morgan fingerprint density at radius 2 is 1.88 bits per heavy atom. The van der Waals surface area contributed by atoms with Crippen molar-refractivity contribution in [1.82, 2.24) is 5.32 Å². The van der Waals surface area contributed by atoms with Crippen molar-refractivity contribution in [3.8, 4) is 0 Å². The summed E-state index contributed by atoms with van der Waals surface area (Å²) in [7, 11) is 0. The lowest BCUT2D eigenvalue weighted by molar-refractivity contribution is -0.121. The Bertz CT molecular complexity index is 704. The first-order chi connectivity index (χ1) is 11.7. The van der Waals surface area contributed by atoms with E-state index in [-0.39, 0.29) is 24.5 Å². The van der Waals surface area contributed by atoms with Crippen molar-refractivity contribution in [3.05, 3.63) is 59.0 Å². The van der Waals surface area contributed by atoms with E-state index in [9.17, 15) is 9.59 Å².